The Bertz CT molecular complexity index is 342. The molecule has 0 fully saturated rings. The Hall–Kier alpha value is -1.49. The first-order valence-electron chi connectivity index (χ1n) is 6.27. The van der Waals surface area contributed by atoms with E-state index in [2.05, 4.69) is 15.6 Å². The molecule has 1 aromatic heterocycles. The molecule has 0 aromatic carbocycles. The molecule has 0 aliphatic heterocycles. The quantitative estimate of drug-likeness (QED) is 0.679. The van der Waals surface area contributed by atoms with Crippen molar-refractivity contribution < 1.29 is 9.53 Å². The van der Waals surface area contributed by atoms with Gasteiger partial charge in [-0.1, -0.05) is 0 Å². The number of H-pyrrole nitrogens is 1. The van der Waals surface area contributed by atoms with Crippen LogP contribution < -0.4 is 10.6 Å². The molecule has 1 rings (SSSR count). The van der Waals surface area contributed by atoms with Crippen LogP contribution in [-0.2, 0) is 11.3 Å². The highest BCUT2D eigenvalue weighted by molar-refractivity contribution is 5.67. The number of ether oxygens (including phenoxy) is 1. The molecule has 0 spiro atoms. The fourth-order valence-corrected chi connectivity index (χ4v) is 1.42. The third kappa shape index (κ3) is 6.96. The fraction of sp³-hybridized carbons (Fsp3) is 0.615. The molecule has 5 heteroatoms. The molecular weight excluding hydrogens is 230 g/mol. The van der Waals surface area contributed by atoms with Crippen molar-refractivity contribution in [2.24, 2.45) is 0 Å². The molecule has 3 N–H and O–H groups in total. The molecule has 0 atom stereocenters. The molecule has 0 bridgehead atoms. The monoisotopic (exact) mass is 253 g/mol. The molecule has 0 aliphatic carbocycles. The number of carbonyl (C=O) groups excluding carboxylic acids is 1. The van der Waals surface area contributed by atoms with Crippen LogP contribution in [0.15, 0.2) is 18.3 Å². The Kier molecular flexibility index (Phi) is 5.71. The molecule has 5 nitrogen and oxygen atoms in total. The minimum atomic E-state index is -0.435. The van der Waals surface area contributed by atoms with Gasteiger partial charge in [-0.15, -0.1) is 0 Å². The summed E-state index contributed by atoms with van der Waals surface area (Å²) in [5.41, 5.74) is 0.728. The highest BCUT2D eigenvalue weighted by Crippen LogP contribution is 2.06. The van der Waals surface area contributed by atoms with Gasteiger partial charge >= 0.3 is 6.09 Å². The Labute approximate surface area is 108 Å². The first-order valence-corrected chi connectivity index (χ1v) is 6.27. The lowest BCUT2D eigenvalue weighted by Gasteiger charge is -2.19. The van der Waals surface area contributed by atoms with Crippen LogP contribution in [0.5, 0.6) is 0 Å². The van der Waals surface area contributed by atoms with Crippen molar-refractivity contribution >= 4 is 6.09 Å². The van der Waals surface area contributed by atoms with E-state index in [1.807, 2.05) is 39.1 Å². The van der Waals surface area contributed by atoms with Crippen molar-refractivity contribution in [3.63, 3.8) is 0 Å². The van der Waals surface area contributed by atoms with E-state index < -0.39 is 5.60 Å². The zero-order valence-electron chi connectivity index (χ0n) is 11.4. The molecule has 0 saturated heterocycles. The Morgan fingerprint density at radius 1 is 1.39 bits per heavy atom. The molecule has 0 radical (unpaired) electrons. The van der Waals surface area contributed by atoms with Gasteiger partial charge in [0.2, 0.25) is 0 Å². The minimum Gasteiger partial charge on any atom is -0.444 e. The first kappa shape index (κ1) is 14.6. The number of hydrogen-bond donors (Lipinski definition) is 3. The number of amides is 1. The SMILES string of the molecule is CC(C)(C)OC(=O)NCCCNCc1ccc[nH]1. The van der Waals surface area contributed by atoms with Crippen LogP contribution in [0.25, 0.3) is 0 Å². The van der Waals surface area contributed by atoms with Crippen molar-refractivity contribution in [2.45, 2.75) is 39.3 Å². The summed E-state index contributed by atoms with van der Waals surface area (Å²) in [6.45, 7) is 7.85. The molecular formula is C13H23N3O2. The van der Waals surface area contributed by atoms with Crippen LogP contribution in [0.2, 0.25) is 0 Å². The summed E-state index contributed by atoms with van der Waals surface area (Å²) < 4.78 is 5.13. The number of aromatic amines is 1. The van der Waals surface area contributed by atoms with E-state index in [1.165, 1.54) is 0 Å². The van der Waals surface area contributed by atoms with E-state index in [4.69, 9.17) is 4.74 Å². The van der Waals surface area contributed by atoms with Crippen molar-refractivity contribution in [1.29, 1.82) is 0 Å². The number of aromatic nitrogens is 1. The van der Waals surface area contributed by atoms with Crippen molar-refractivity contribution in [1.82, 2.24) is 15.6 Å². The van der Waals surface area contributed by atoms with Gasteiger partial charge in [0.1, 0.15) is 5.60 Å². The van der Waals surface area contributed by atoms with E-state index >= 15 is 0 Å². The Morgan fingerprint density at radius 2 is 2.17 bits per heavy atom. The highest BCUT2D eigenvalue weighted by Gasteiger charge is 2.15. The zero-order valence-corrected chi connectivity index (χ0v) is 11.4. The summed E-state index contributed by atoms with van der Waals surface area (Å²) in [7, 11) is 0. The van der Waals surface area contributed by atoms with Crippen molar-refractivity contribution in [3.8, 4) is 0 Å². The van der Waals surface area contributed by atoms with Gasteiger partial charge in [0.05, 0.1) is 0 Å². The van der Waals surface area contributed by atoms with Gasteiger partial charge in [0.15, 0.2) is 0 Å². The lowest BCUT2D eigenvalue weighted by Crippen LogP contribution is -2.33. The van der Waals surface area contributed by atoms with Gasteiger partial charge in [0.25, 0.3) is 0 Å². The van der Waals surface area contributed by atoms with Gasteiger partial charge in [-0.2, -0.15) is 0 Å². The number of hydrogen-bond acceptors (Lipinski definition) is 3. The van der Waals surface area contributed by atoms with Crippen LogP contribution in [0, 0.1) is 0 Å². The normalized spacial score (nSPS) is 11.3. The van der Waals surface area contributed by atoms with Gasteiger partial charge < -0.3 is 20.4 Å². The highest BCUT2D eigenvalue weighted by atomic mass is 16.6. The summed E-state index contributed by atoms with van der Waals surface area (Å²) >= 11 is 0. The third-order valence-electron chi connectivity index (χ3n) is 2.18. The maximum absolute atomic E-state index is 11.3. The summed E-state index contributed by atoms with van der Waals surface area (Å²) in [5, 5.41) is 6.01. The Balaban J connectivity index is 1.97. The van der Waals surface area contributed by atoms with Crippen molar-refractivity contribution in [2.75, 3.05) is 13.1 Å². The number of carbonyl (C=O) groups is 1. The summed E-state index contributed by atoms with van der Waals surface area (Å²) in [6.07, 6.45) is 2.42. The third-order valence-corrected chi connectivity index (χ3v) is 2.18. The van der Waals surface area contributed by atoms with Crippen molar-refractivity contribution in [3.05, 3.63) is 24.0 Å². The van der Waals surface area contributed by atoms with E-state index in [0.717, 1.165) is 25.2 Å². The second kappa shape index (κ2) is 7.06. The lowest BCUT2D eigenvalue weighted by atomic mass is 10.2. The molecule has 1 heterocycles. The molecule has 1 aromatic rings. The van der Waals surface area contributed by atoms with E-state index in [1.54, 1.807) is 0 Å². The lowest BCUT2D eigenvalue weighted by molar-refractivity contribution is 0.0527. The van der Waals surface area contributed by atoms with Gasteiger partial charge in [-0.3, -0.25) is 0 Å². The average Bonchev–Trinajstić information content (AvgIpc) is 2.73. The second-order valence-electron chi connectivity index (χ2n) is 5.15. The predicted molar refractivity (Wildman–Crippen MR) is 71.4 cm³/mol. The summed E-state index contributed by atoms with van der Waals surface area (Å²) in [6, 6.07) is 4.01. The van der Waals surface area contributed by atoms with Crippen LogP contribution in [0.1, 0.15) is 32.9 Å². The van der Waals surface area contributed by atoms with E-state index in [-0.39, 0.29) is 6.09 Å². The predicted octanol–water partition coefficient (Wildman–Crippen LogP) is 2.02. The number of nitrogens with one attached hydrogen (secondary N) is 3. The second-order valence-corrected chi connectivity index (χ2v) is 5.15. The molecule has 0 saturated carbocycles. The standard InChI is InChI=1S/C13H23N3O2/c1-13(2,3)18-12(17)16-9-5-7-14-10-11-6-4-8-15-11/h4,6,8,14-15H,5,7,9-10H2,1-3H3,(H,16,17). The van der Waals surface area contributed by atoms with Crippen LogP contribution in [0.4, 0.5) is 4.79 Å². The minimum absolute atomic E-state index is 0.355. The molecule has 18 heavy (non-hydrogen) atoms. The number of rotatable bonds is 6. The van der Waals surface area contributed by atoms with E-state index in [9.17, 15) is 4.79 Å². The molecule has 0 unspecified atom stereocenters. The molecule has 1 amide bonds. The topological polar surface area (TPSA) is 66.2 Å². The average molecular weight is 253 g/mol. The fourth-order valence-electron chi connectivity index (χ4n) is 1.42. The summed E-state index contributed by atoms with van der Waals surface area (Å²) in [5.74, 6) is 0. The zero-order chi connectivity index (χ0) is 13.4. The maximum Gasteiger partial charge on any atom is 0.407 e. The van der Waals surface area contributed by atoms with Crippen LogP contribution >= 0.6 is 0 Å². The van der Waals surface area contributed by atoms with Crippen LogP contribution in [-0.4, -0.2) is 29.8 Å². The van der Waals surface area contributed by atoms with E-state index in [0.29, 0.717) is 6.54 Å². The van der Waals surface area contributed by atoms with Crippen LogP contribution in [0.3, 0.4) is 0 Å². The Morgan fingerprint density at radius 3 is 2.78 bits per heavy atom. The molecule has 102 valence electrons. The molecule has 0 aliphatic rings. The number of alkyl carbamates (subject to hydrolysis) is 1. The largest absolute Gasteiger partial charge is 0.444 e. The smallest absolute Gasteiger partial charge is 0.407 e. The van der Waals surface area contributed by atoms with Gasteiger partial charge in [-0.05, 0) is 45.9 Å². The first-order chi connectivity index (χ1) is 8.47. The van der Waals surface area contributed by atoms with Gasteiger partial charge in [0, 0.05) is 25.0 Å². The van der Waals surface area contributed by atoms with Gasteiger partial charge in [-0.25, -0.2) is 4.79 Å². The summed E-state index contributed by atoms with van der Waals surface area (Å²) in [4.78, 5) is 14.4. The maximum atomic E-state index is 11.3.